The summed E-state index contributed by atoms with van der Waals surface area (Å²) in [6.07, 6.45) is 9.09. The first-order valence-corrected chi connectivity index (χ1v) is 12.6. The Bertz CT molecular complexity index is 1130. The SMILES string of the molecule is C=CC(Cc1ccccc1)N1CC[C@@H](CCCc2ccnc3ccc(OC)cc23)[C@@H](CC(=O)O)C1. The van der Waals surface area contributed by atoms with Crippen molar-refractivity contribution in [2.45, 2.75) is 44.6 Å². The fourth-order valence-electron chi connectivity index (χ4n) is 5.54. The highest BCUT2D eigenvalue weighted by Gasteiger charge is 2.32. The summed E-state index contributed by atoms with van der Waals surface area (Å²) >= 11 is 0. The van der Waals surface area contributed by atoms with E-state index in [1.165, 1.54) is 11.1 Å². The van der Waals surface area contributed by atoms with Crippen molar-refractivity contribution in [3.8, 4) is 5.75 Å². The Morgan fingerprint density at radius 3 is 2.80 bits per heavy atom. The summed E-state index contributed by atoms with van der Waals surface area (Å²) in [5.74, 6) is 0.723. The van der Waals surface area contributed by atoms with E-state index in [-0.39, 0.29) is 18.4 Å². The lowest BCUT2D eigenvalue weighted by atomic mass is 9.79. The summed E-state index contributed by atoms with van der Waals surface area (Å²) in [6, 6.07) is 18.8. The third-order valence-electron chi connectivity index (χ3n) is 7.45. The Balaban J connectivity index is 1.39. The largest absolute Gasteiger partial charge is 0.497 e. The molecule has 3 aromatic rings. The average molecular weight is 473 g/mol. The second kappa shape index (κ2) is 12.0. The van der Waals surface area contributed by atoms with Gasteiger partial charge in [-0.1, -0.05) is 36.4 Å². The van der Waals surface area contributed by atoms with Gasteiger partial charge in [0.25, 0.3) is 0 Å². The lowest BCUT2D eigenvalue weighted by molar-refractivity contribution is -0.139. The van der Waals surface area contributed by atoms with Crippen LogP contribution < -0.4 is 4.74 Å². The van der Waals surface area contributed by atoms with E-state index in [1.54, 1.807) is 7.11 Å². The van der Waals surface area contributed by atoms with Crippen molar-refractivity contribution in [3.05, 3.63) is 84.6 Å². The number of pyridine rings is 1. The molecule has 1 unspecified atom stereocenters. The van der Waals surface area contributed by atoms with Crippen molar-refractivity contribution in [2.24, 2.45) is 11.8 Å². The van der Waals surface area contributed by atoms with Crippen molar-refractivity contribution < 1.29 is 14.6 Å². The van der Waals surface area contributed by atoms with Gasteiger partial charge in [0, 0.05) is 30.6 Å². The topological polar surface area (TPSA) is 62.7 Å². The Morgan fingerprint density at radius 1 is 1.23 bits per heavy atom. The Kier molecular flexibility index (Phi) is 8.54. The molecule has 5 nitrogen and oxygen atoms in total. The molecule has 1 N–H and O–H groups in total. The number of hydrogen-bond acceptors (Lipinski definition) is 4. The highest BCUT2D eigenvalue weighted by atomic mass is 16.5. The number of likely N-dealkylation sites (tertiary alicyclic amines) is 1. The maximum Gasteiger partial charge on any atom is 0.303 e. The zero-order valence-corrected chi connectivity index (χ0v) is 20.6. The van der Waals surface area contributed by atoms with Crippen LogP contribution >= 0.6 is 0 Å². The number of benzene rings is 2. The van der Waals surface area contributed by atoms with Crippen LogP contribution in [0.1, 0.15) is 36.8 Å². The van der Waals surface area contributed by atoms with Crippen LogP contribution in [-0.4, -0.2) is 47.2 Å². The number of methoxy groups -OCH3 is 1. The number of ether oxygens (including phenoxy) is 1. The van der Waals surface area contributed by atoms with Crippen LogP contribution in [0.5, 0.6) is 5.75 Å². The first-order valence-electron chi connectivity index (χ1n) is 12.6. The highest BCUT2D eigenvalue weighted by Crippen LogP contribution is 2.33. The zero-order valence-electron chi connectivity index (χ0n) is 20.6. The quantitative estimate of drug-likeness (QED) is 0.359. The first kappa shape index (κ1) is 24.9. The average Bonchev–Trinajstić information content (AvgIpc) is 2.88. The van der Waals surface area contributed by atoms with Crippen LogP contribution in [0.3, 0.4) is 0 Å². The van der Waals surface area contributed by atoms with Crippen LogP contribution in [0.4, 0.5) is 0 Å². The number of fused-ring (bicyclic) bond motifs is 1. The number of hydrogen-bond donors (Lipinski definition) is 1. The Hall–Kier alpha value is -3.18. The minimum atomic E-state index is -0.702. The number of carboxylic acids is 1. The molecule has 1 aliphatic heterocycles. The second-order valence-electron chi connectivity index (χ2n) is 9.64. The van der Waals surface area contributed by atoms with Gasteiger partial charge in [-0.05, 0) is 85.9 Å². The molecule has 1 aliphatic rings. The van der Waals surface area contributed by atoms with Gasteiger partial charge < -0.3 is 9.84 Å². The number of aromatic nitrogens is 1. The van der Waals surface area contributed by atoms with Crippen LogP contribution in [0.15, 0.2) is 73.4 Å². The van der Waals surface area contributed by atoms with Crippen molar-refractivity contribution in [2.75, 3.05) is 20.2 Å². The maximum atomic E-state index is 11.7. The van der Waals surface area contributed by atoms with E-state index in [0.29, 0.717) is 5.92 Å². The van der Waals surface area contributed by atoms with Gasteiger partial charge in [0.05, 0.1) is 12.6 Å². The van der Waals surface area contributed by atoms with Gasteiger partial charge in [-0.15, -0.1) is 6.58 Å². The monoisotopic (exact) mass is 472 g/mol. The smallest absolute Gasteiger partial charge is 0.303 e. The van der Waals surface area contributed by atoms with E-state index in [9.17, 15) is 9.90 Å². The molecule has 0 bridgehead atoms. The number of nitrogens with zero attached hydrogens (tertiary/aromatic N) is 2. The standard InChI is InChI=1S/C30H36N2O3/c1-3-26(18-22-8-5-4-6-9-22)32-17-15-23(25(21-32)19-30(33)34)10-7-11-24-14-16-31-29-13-12-27(35-2)20-28(24)29/h3-6,8-9,12-14,16,20,23,25-26H,1,7,10-11,15,17-19,21H2,2H3,(H,33,34)/t23-,25+,26?/m1/s1. The number of rotatable bonds is 11. The molecule has 1 fully saturated rings. The molecule has 5 heteroatoms. The Labute approximate surface area is 208 Å². The van der Waals surface area contributed by atoms with Gasteiger partial charge in [0.15, 0.2) is 0 Å². The lowest BCUT2D eigenvalue weighted by Gasteiger charge is -2.41. The van der Waals surface area contributed by atoms with Gasteiger partial charge in [-0.3, -0.25) is 14.7 Å². The van der Waals surface area contributed by atoms with Crippen molar-refractivity contribution >= 4 is 16.9 Å². The number of aliphatic carboxylic acids is 1. The van der Waals surface area contributed by atoms with Gasteiger partial charge in [-0.2, -0.15) is 0 Å². The summed E-state index contributed by atoms with van der Waals surface area (Å²) in [6.45, 7) is 5.89. The fraction of sp³-hybridized carbons (Fsp3) is 0.400. The predicted octanol–water partition coefficient (Wildman–Crippen LogP) is 5.78. The summed E-state index contributed by atoms with van der Waals surface area (Å²) < 4.78 is 5.41. The molecule has 0 amide bonds. The summed E-state index contributed by atoms with van der Waals surface area (Å²) in [5.41, 5.74) is 3.54. The minimum Gasteiger partial charge on any atom is -0.497 e. The van der Waals surface area contributed by atoms with E-state index in [2.05, 4.69) is 52.9 Å². The fourth-order valence-corrected chi connectivity index (χ4v) is 5.54. The van der Waals surface area contributed by atoms with E-state index >= 15 is 0 Å². The van der Waals surface area contributed by atoms with E-state index in [1.807, 2.05) is 30.5 Å². The molecule has 0 saturated carbocycles. The highest BCUT2D eigenvalue weighted by molar-refractivity contribution is 5.83. The number of piperidine rings is 1. The number of carbonyl (C=O) groups is 1. The molecule has 0 radical (unpaired) electrons. The minimum absolute atomic E-state index is 0.161. The van der Waals surface area contributed by atoms with E-state index < -0.39 is 5.97 Å². The molecule has 1 saturated heterocycles. The van der Waals surface area contributed by atoms with Crippen LogP contribution in [0.2, 0.25) is 0 Å². The molecule has 35 heavy (non-hydrogen) atoms. The normalized spacial score (nSPS) is 19.3. The number of carboxylic acid groups (broad SMARTS) is 1. The van der Waals surface area contributed by atoms with Gasteiger partial charge in [-0.25, -0.2) is 0 Å². The summed E-state index contributed by atoms with van der Waals surface area (Å²) in [5, 5.41) is 10.8. The van der Waals surface area contributed by atoms with Crippen molar-refractivity contribution in [1.82, 2.24) is 9.88 Å². The van der Waals surface area contributed by atoms with Crippen LogP contribution in [-0.2, 0) is 17.6 Å². The summed E-state index contributed by atoms with van der Waals surface area (Å²) in [4.78, 5) is 18.6. The van der Waals surface area contributed by atoms with E-state index in [0.717, 1.165) is 61.8 Å². The van der Waals surface area contributed by atoms with Gasteiger partial charge in [0.2, 0.25) is 0 Å². The molecular formula is C30H36N2O3. The third kappa shape index (κ3) is 6.49. The molecule has 0 spiro atoms. The molecule has 0 aliphatic carbocycles. The predicted molar refractivity (Wildman–Crippen MR) is 141 cm³/mol. The zero-order chi connectivity index (χ0) is 24.6. The summed E-state index contributed by atoms with van der Waals surface area (Å²) in [7, 11) is 1.68. The lowest BCUT2D eigenvalue weighted by Crippen LogP contribution is -2.46. The second-order valence-corrected chi connectivity index (χ2v) is 9.64. The molecule has 3 atom stereocenters. The molecular weight excluding hydrogens is 436 g/mol. The first-order chi connectivity index (χ1) is 17.1. The molecule has 184 valence electrons. The molecule has 4 rings (SSSR count). The molecule has 2 heterocycles. The number of aryl methyl sites for hydroxylation is 1. The van der Waals surface area contributed by atoms with E-state index in [4.69, 9.17) is 4.74 Å². The Morgan fingerprint density at radius 2 is 2.06 bits per heavy atom. The maximum absolute atomic E-state index is 11.7. The molecule has 2 aromatic carbocycles. The van der Waals surface area contributed by atoms with Crippen LogP contribution in [0, 0.1) is 11.8 Å². The molecule has 1 aromatic heterocycles. The van der Waals surface area contributed by atoms with Gasteiger partial charge >= 0.3 is 5.97 Å². The third-order valence-corrected chi connectivity index (χ3v) is 7.45. The van der Waals surface area contributed by atoms with Gasteiger partial charge in [0.1, 0.15) is 5.75 Å². The van der Waals surface area contributed by atoms with Crippen molar-refractivity contribution in [1.29, 1.82) is 0 Å². The van der Waals surface area contributed by atoms with Crippen LogP contribution in [0.25, 0.3) is 10.9 Å². The van der Waals surface area contributed by atoms with Crippen molar-refractivity contribution in [3.63, 3.8) is 0 Å².